The molecule has 1 amide bonds. The van der Waals surface area contributed by atoms with Gasteiger partial charge in [-0.05, 0) is 51.0 Å². The predicted octanol–water partition coefficient (Wildman–Crippen LogP) is 2.66. The predicted molar refractivity (Wildman–Crippen MR) is 117 cm³/mol. The SMILES string of the molecule is CCNC(=NCC(C)Oc1ccc(OC)cc1)NC1CCN(C(=O)C(C)C)CC1. The van der Waals surface area contributed by atoms with Crippen molar-refractivity contribution < 1.29 is 14.3 Å². The standard InChI is InChI=1S/C22H36N4O3/c1-6-23-22(25-18-11-13-26(14-12-18)21(27)16(2)3)24-15-17(4)29-20-9-7-19(28-5)8-10-20/h7-10,16-18H,6,11-15H2,1-5H3,(H2,23,24,25). The van der Waals surface area contributed by atoms with Crippen molar-refractivity contribution in [2.45, 2.75) is 52.7 Å². The Kier molecular flexibility index (Phi) is 9.09. The number of nitrogens with zero attached hydrogens (tertiary/aromatic N) is 2. The first-order valence-electron chi connectivity index (χ1n) is 10.6. The van der Waals surface area contributed by atoms with Gasteiger partial charge in [-0.1, -0.05) is 13.8 Å². The van der Waals surface area contributed by atoms with E-state index in [1.54, 1.807) is 7.11 Å². The van der Waals surface area contributed by atoms with Crippen LogP contribution in [0.3, 0.4) is 0 Å². The van der Waals surface area contributed by atoms with Gasteiger partial charge in [0, 0.05) is 31.6 Å². The first-order chi connectivity index (χ1) is 13.9. The molecule has 1 aromatic rings. The van der Waals surface area contributed by atoms with Crippen molar-refractivity contribution in [1.29, 1.82) is 0 Å². The van der Waals surface area contributed by atoms with Crippen LogP contribution in [0.4, 0.5) is 0 Å². The molecule has 1 aliphatic heterocycles. The van der Waals surface area contributed by atoms with E-state index in [0.29, 0.717) is 12.6 Å². The van der Waals surface area contributed by atoms with Crippen molar-refractivity contribution in [3.8, 4) is 11.5 Å². The van der Waals surface area contributed by atoms with Crippen molar-refractivity contribution in [3.05, 3.63) is 24.3 Å². The van der Waals surface area contributed by atoms with E-state index < -0.39 is 0 Å². The number of hydrogen-bond donors (Lipinski definition) is 2. The molecule has 1 heterocycles. The lowest BCUT2D eigenvalue weighted by Gasteiger charge is -2.34. The van der Waals surface area contributed by atoms with Crippen LogP contribution in [0, 0.1) is 5.92 Å². The van der Waals surface area contributed by atoms with Gasteiger partial charge >= 0.3 is 0 Å². The number of piperidine rings is 1. The van der Waals surface area contributed by atoms with Crippen LogP contribution in [0.2, 0.25) is 0 Å². The fraction of sp³-hybridized carbons (Fsp3) is 0.636. The lowest BCUT2D eigenvalue weighted by atomic mass is 10.0. The summed E-state index contributed by atoms with van der Waals surface area (Å²) >= 11 is 0. The van der Waals surface area contributed by atoms with Crippen LogP contribution < -0.4 is 20.1 Å². The molecular formula is C22H36N4O3. The Balaban J connectivity index is 1.83. The zero-order valence-corrected chi connectivity index (χ0v) is 18.4. The topological polar surface area (TPSA) is 75.2 Å². The minimum atomic E-state index is -0.0515. The first-order valence-corrected chi connectivity index (χ1v) is 10.6. The summed E-state index contributed by atoms with van der Waals surface area (Å²) in [5.74, 6) is 2.71. The monoisotopic (exact) mass is 404 g/mol. The van der Waals surface area contributed by atoms with Gasteiger partial charge in [0.25, 0.3) is 0 Å². The molecule has 0 spiro atoms. The highest BCUT2D eigenvalue weighted by Gasteiger charge is 2.24. The lowest BCUT2D eigenvalue weighted by molar-refractivity contribution is -0.135. The molecule has 1 aromatic carbocycles. The van der Waals surface area contributed by atoms with E-state index in [-0.39, 0.29) is 17.9 Å². The molecule has 29 heavy (non-hydrogen) atoms. The summed E-state index contributed by atoms with van der Waals surface area (Å²) in [7, 11) is 1.65. The zero-order valence-electron chi connectivity index (χ0n) is 18.4. The molecular weight excluding hydrogens is 368 g/mol. The zero-order chi connectivity index (χ0) is 21.2. The molecule has 7 nitrogen and oxygen atoms in total. The second-order valence-electron chi connectivity index (χ2n) is 7.72. The molecule has 2 rings (SSSR count). The van der Waals surface area contributed by atoms with Crippen molar-refractivity contribution in [2.24, 2.45) is 10.9 Å². The summed E-state index contributed by atoms with van der Waals surface area (Å²) in [6.45, 7) is 10.9. The molecule has 1 atom stereocenters. The minimum Gasteiger partial charge on any atom is -0.497 e. The average molecular weight is 405 g/mol. The number of guanidine groups is 1. The Morgan fingerprint density at radius 1 is 1.17 bits per heavy atom. The molecule has 162 valence electrons. The largest absolute Gasteiger partial charge is 0.497 e. The van der Waals surface area contributed by atoms with Gasteiger partial charge in [0.15, 0.2) is 5.96 Å². The summed E-state index contributed by atoms with van der Waals surface area (Å²) in [5.41, 5.74) is 0. The van der Waals surface area contributed by atoms with Crippen LogP contribution in [0.15, 0.2) is 29.3 Å². The lowest BCUT2D eigenvalue weighted by Crippen LogP contribution is -2.50. The summed E-state index contributed by atoms with van der Waals surface area (Å²) in [6.07, 6.45) is 1.81. The van der Waals surface area contributed by atoms with Gasteiger partial charge in [0.2, 0.25) is 5.91 Å². The van der Waals surface area contributed by atoms with Crippen LogP contribution in [-0.4, -0.2) is 62.2 Å². The average Bonchev–Trinajstić information content (AvgIpc) is 2.72. The highest BCUT2D eigenvalue weighted by atomic mass is 16.5. The second-order valence-corrected chi connectivity index (χ2v) is 7.72. The number of carbonyl (C=O) groups is 1. The number of nitrogens with one attached hydrogen (secondary N) is 2. The number of aliphatic imine (C=N–C) groups is 1. The van der Waals surface area contributed by atoms with Gasteiger partial charge in [0.1, 0.15) is 17.6 Å². The Hall–Kier alpha value is -2.44. The maximum absolute atomic E-state index is 12.1. The summed E-state index contributed by atoms with van der Waals surface area (Å²) in [6, 6.07) is 7.88. The van der Waals surface area contributed by atoms with Gasteiger partial charge in [-0.2, -0.15) is 0 Å². The molecule has 0 bridgehead atoms. The van der Waals surface area contributed by atoms with Gasteiger partial charge in [-0.15, -0.1) is 0 Å². The van der Waals surface area contributed by atoms with E-state index in [1.165, 1.54) is 0 Å². The minimum absolute atomic E-state index is 0.0515. The van der Waals surface area contributed by atoms with Crippen LogP contribution in [0.1, 0.15) is 40.5 Å². The van der Waals surface area contributed by atoms with Crippen molar-refractivity contribution >= 4 is 11.9 Å². The van der Waals surface area contributed by atoms with E-state index in [4.69, 9.17) is 9.47 Å². The normalized spacial score (nSPS) is 16.5. The number of methoxy groups -OCH3 is 1. The smallest absolute Gasteiger partial charge is 0.225 e. The first kappa shape index (κ1) is 22.8. The number of amides is 1. The molecule has 0 saturated carbocycles. The number of hydrogen-bond acceptors (Lipinski definition) is 4. The second kappa shape index (κ2) is 11.5. The van der Waals surface area contributed by atoms with E-state index in [1.807, 2.05) is 49.9 Å². The van der Waals surface area contributed by atoms with Gasteiger partial charge < -0.3 is 25.0 Å². The van der Waals surface area contributed by atoms with Crippen molar-refractivity contribution in [1.82, 2.24) is 15.5 Å². The Morgan fingerprint density at radius 3 is 2.34 bits per heavy atom. The summed E-state index contributed by atoms with van der Waals surface area (Å²) in [4.78, 5) is 18.8. The van der Waals surface area contributed by atoms with Crippen molar-refractivity contribution in [3.63, 3.8) is 0 Å². The van der Waals surface area contributed by atoms with Gasteiger partial charge in [-0.25, -0.2) is 4.99 Å². The van der Waals surface area contributed by atoms with E-state index >= 15 is 0 Å². The molecule has 1 saturated heterocycles. The molecule has 7 heteroatoms. The number of carbonyl (C=O) groups excluding carboxylic acids is 1. The highest BCUT2D eigenvalue weighted by molar-refractivity contribution is 5.80. The molecule has 2 N–H and O–H groups in total. The summed E-state index contributed by atoms with van der Waals surface area (Å²) in [5, 5.41) is 6.81. The summed E-state index contributed by atoms with van der Waals surface area (Å²) < 4.78 is 11.1. The molecule has 1 unspecified atom stereocenters. The number of likely N-dealkylation sites (tertiary alicyclic amines) is 1. The quantitative estimate of drug-likeness (QED) is 0.515. The van der Waals surface area contributed by atoms with Crippen molar-refractivity contribution in [2.75, 3.05) is 33.3 Å². The maximum atomic E-state index is 12.1. The van der Waals surface area contributed by atoms with E-state index in [9.17, 15) is 4.79 Å². The number of rotatable bonds is 8. The highest BCUT2D eigenvalue weighted by Crippen LogP contribution is 2.18. The molecule has 1 aliphatic rings. The van der Waals surface area contributed by atoms with E-state index in [0.717, 1.165) is 49.9 Å². The van der Waals surface area contributed by atoms with Gasteiger partial charge in [0.05, 0.1) is 13.7 Å². The molecule has 0 aromatic heterocycles. The fourth-order valence-corrected chi connectivity index (χ4v) is 3.27. The Bertz CT molecular complexity index is 653. The van der Waals surface area contributed by atoms with E-state index in [2.05, 4.69) is 22.5 Å². The van der Waals surface area contributed by atoms with Crippen LogP contribution in [0.5, 0.6) is 11.5 Å². The van der Waals surface area contributed by atoms with Gasteiger partial charge in [-0.3, -0.25) is 4.79 Å². The molecule has 1 fully saturated rings. The number of ether oxygens (including phenoxy) is 2. The van der Waals surface area contributed by atoms with Crippen LogP contribution in [0.25, 0.3) is 0 Å². The fourth-order valence-electron chi connectivity index (χ4n) is 3.27. The third kappa shape index (κ3) is 7.48. The third-order valence-electron chi connectivity index (χ3n) is 4.89. The molecule has 0 aliphatic carbocycles. The Morgan fingerprint density at radius 2 is 1.79 bits per heavy atom. The Labute approximate surface area is 174 Å². The number of benzene rings is 1. The molecule has 0 radical (unpaired) electrons. The van der Waals surface area contributed by atoms with Crippen LogP contribution >= 0.6 is 0 Å². The third-order valence-corrected chi connectivity index (χ3v) is 4.89. The maximum Gasteiger partial charge on any atom is 0.225 e. The van der Waals surface area contributed by atoms with Crippen LogP contribution in [-0.2, 0) is 4.79 Å².